The van der Waals surface area contributed by atoms with E-state index in [4.69, 9.17) is 27.3 Å². The van der Waals surface area contributed by atoms with Gasteiger partial charge in [0.1, 0.15) is 6.07 Å². The minimum Gasteiger partial charge on any atom is -0.464 e. The number of methoxy groups -OCH3 is 1. The Labute approximate surface area is 133 Å². The Kier molecular flexibility index (Phi) is 4.29. The van der Waals surface area contributed by atoms with Gasteiger partial charge in [-0.25, -0.2) is 4.79 Å². The number of rotatable bonds is 3. The number of nitrogen functional groups attached to an aromatic ring is 1. The van der Waals surface area contributed by atoms with Crippen molar-refractivity contribution in [3.05, 3.63) is 40.7 Å². The Bertz CT molecular complexity index is 775. The highest BCUT2D eigenvalue weighted by atomic mass is 35.5. The van der Waals surface area contributed by atoms with Gasteiger partial charge in [-0.1, -0.05) is 11.6 Å². The second-order valence-corrected chi connectivity index (χ2v) is 5.22. The zero-order valence-electron chi connectivity index (χ0n) is 12.4. The third-order valence-electron chi connectivity index (χ3n) is 3.23. The summed E-state index contributed by atoms with van der Waals surface area (Å²) in [4.78, 5) is 13.8. The maximum atomic E-state index is 11.9. The number of aromatic nitrogens is 1. The Balaban J connectivity index is 2.65. The van der Waals surface area contributed by atoms with Crippen LogP contribution in [-0.2, 0) is 4.74 Å². The van der Waals surface area contributed by atoms with Crippen molar-refractivity contribution in [3.63, 3.8) is 0 Å². The van der Waals surface area contributed by atoms with E-state index in [0.29, 0.717) is 10.7 Å². The highest BCUT2D eigenvalue weighted by Crippen LogP contribution is 2.30. The lowest BCUT2D eigenvalue weighted by Crippen LogP contribution is -2.12. The summed E-state index contributed by atoms with van der Waals surface area (Å²) in [5.74, 6) is -0.619. The van der Waals surface area contributed by atoms with Crippen molar-refractivity contribution in [2.24, 2.45) is 0 Å². The standard InChI is InChI=1S/C15H15ClN4O2/c1-19(2)12-5-4-10(6-11(12)16)20-8-9(7-17)13(18)14(20)15(21)22-3/h4-6,8H,18H2,1-3H3. The molecule has 0 atom stereocenters. The predicted molar refractivity (Wildman–Crippen MR) is 85.6 cm³/mol. The van der Waals surface area contributed by atoms with Crippen LogP contribution >= 0.6 is 11.6 Å². The molecule has 0 aliphatic heterocycles. The molecule has 0 radical (unpaired) electrons. The van der Waals surface area contributed by atoms with Crippen LogP contribution in [0.1, 0.15) is 16.1 Å². The molecule has 1 aromatic carbocycles. The summed E-state index contributed by atoms with van der Waals surface area (Å²) in [6.07, 6.45) is 1.49. The molecule has 0 saturated heterocycles. The summed E-state index contributed by atoms with van der Waals surface area (Å²) in [5.41, 5.74) is 7.70. The molecule has 1 heterocycles. The van der Waals surface area contributed by atoms with Crippen LogP contribution in [0.4, 0.5) is 11.4 Å². The molecule has 2 rings (SSSR count). The van der Waals surface area contributed by atoms with Crippen LogP contribution in [-0.4, -0.2) is 31.7 Å². The third kappa shape index (κ3) is 2.59. The van der Waals surface area contributed by atoms with Crippen LogP contribution < -0.4 is 10.6 Å². The smallest absolute Gasteiger partial charge is 0.357 e. The fourth-order valence-electron chi connectivity index (χ4n) is 2.13. The van der Waals surface area contributed by atoms with Crippen molar-refractivity contribution in [1.29, 1.82) is 5.26 Å². The van der Waals surface area contributed by atoms with E-state index in [9.17, 15) is 4.79 Å². The molecule has 6 nitrogen and oxygen atoms in total. The molecule has 0 amide bonds. The maximum Gasteiger partial charge on any atom is 0.357 e. The molecule has 1 aromatic heterocycles. The van der Waals surface area contributed by atoms with E-state index in [1.54, 1.807) is 12.1 Å². The number of nitrogens with zero attached hydrogens (tertiary/aromatic N) is 3. The number of hydrogen-bond acceptors (Lipinski definition) is 5. The predicted octanol–water partition coefficient (Wildman–Crippen LogP) is 2.44. The van der Waals surface area contributed by atoms with Gasteiger partial charge in [0.25, 0.3) is 0 Å². The quantitative estimate of drug-likeness (QED) is 0.879. The van der Waals surface area contributed by atoms with Crippen molar-refractivity contribution >= 4 is 28.9 Å². The summed E-state index contributed by atoms with van der Waals surface area (Å²) < 4.78 is 6.24. The molecule has 0 saturated carbocycles. The van der Waals surface area contributed by atoms with Crippen molar-refractivity contribution in [2.45, 2.75) is 0 Å². The van der Waals surface area contributed by atoms with Crippen LogP contribution in [0, 0.1) is 11.3 Å². The molecule has 7 heteroatoms. The second kappa shape index (κ2) is 6.00. The van der Waals surface area contributed by atoms with Crippen LogP contribution in [0.3, 0.4) is 0 Å². The first-order valence-corrected chi connectivity index (χ1v) is 6.75. The number of hydrogen-bond donors (Lipinski definition) is 1. The monoisotopic (exact) mass is 318 g/mol. The number of ether oxygens (including phenoxy) is 1. The molecular formula is C15H15ClN4O2. The number of benzene rings is 1. The average molecular weight is 319 g/mol. The molecule has 114 valence electrons. The van der Waals surface area contributed by atoms with Crippen LogP contribution in [0.2, 0.25) is 5.02 Å². The number of nitrogens with two attached hydrogens (primary N) is 1. The van der Waals surface area contributed by atoms with E-state index >= 15 is 0 Å². The molecule has 0 bridgehead atoms. The van der Waals surface area contributed by atoms with Crippen molar-refractivity contribution in [1.82, 2.24) is 4.57 Å². The van der Waals surface area contributed by atoms with E-state index in [0.717, 1.165) is 5.69 Å². The molecule has 2 N–H and O–H groups in total. The third-order valence-corrected chi connectivity index (χ3v) is 3.54. The Morgan fingerprint density at radius 1 is 1.45 bits per heavy atom. The van der Waals surface area contributed by atoms with Gasteiger partial charge >= 0.3 is 5.97 Å². The number of carbonyl (C=O) groups is 1. The van der Waals surface area contributed by atoms with Gasteiger partial charge in [-0.3, -0.25) is 0 Å². The summed E-state index contributed by atoms with van der Waals surface area (Å²) in [7, 11) is 5.01. The topological polar surface area (TPSA) is 84.3 Å². The lowest BCUT2D eigenvalue weighted by atomic mass is 10.2. The molecule has 0 aliphatic carbocycles. The Morgan fingerprint density at radius 3 is 2.64 bits per heavy atom. The summed E-state index contributed by atoms with van der Waals surface area (Å²) in [6, 6.07) is 7.26. The molecule has 0 fully saturated rings. The first-order valence-electron chi connectivity index (χ1n) is 6.37. The SMILES string of the molecule is COC(=O)c1c(N)c(C#N)cn1-c1ccc(N(C)C)c(Cl)c1. The molecule has 0 unspecified atom stereocenters. The summed E-state index contributed by atoms with van der Waals surface area (Å²) in [5, 5.41) is 9.62. The van der Waals surface area contributed by atoms with Crippen molar-refractivity contribution in [2.75, 3.05) is 31.8 Å². The number of anilines is 2. The van der Waals surface area contributed by atoms with Crippen LogP contribution in [0.5, 0.6) is 0 Å². The minimum absolute atomic E-state index is 0.0853. The van der Waals surface area contributed by atoms with Crippen LogP contribution in [0.15, 0.2) is 24.4 Å². The van der Waals surface area contributed by atoms with Crippen molar-refractivity contribution in [3.8, 4) is 11.8 Å². The zero-order valence-corrected chi connectivity index (χ0v) is 13.2. The second-order valence-electron chi connectivity index (χ2n) is 4.81. The van der Waals surface area contributed by atoms with Gasteiger partial charge in [0, 0.05) is 26.0 Å². The summed E-state index contributed by atoms with van der Waals surface area (Å²) >= 11 is 6.25. The van der Waals surface area contributed by atoms with Gasteiger partial charge in [-0.05, 0) is 18.2 Å². The van der Waals surface area contributed by atoms with Gasteiger partial charge in [-0.2, -0.15) is 5.26 Å². The average Bonchev–Trinajstić information content (AvgIpc) is 2.82. The number of nitriles is 1. The molecule has 0 aliphatic rings. The first kappa shape index (κ1) is 15.7. The maximum absolute atomic E-state index is 11.9. The number of esters is 1. The first-order chi connectivity index (χ1) is 10.4. The van der Waals surface area contributed by atoms with Gasteiger partial charge in [0.2, 0.25) is 0 Å². The van der Waals surface area contributed by atoms with E-state index < -0.39 is 5.97 Å². The highest BCUT2D eigenvalue weighted by molar-refractivity contribution is 6.33. The normalized spacial score (nSPS) is 10.1. The van der Waals surface area contributed by atoms with Crippen molar-refractivity contribution < 1.29 is 9.53 Å². The lowest BCUT2D eigenvalue weighted by molar-refractivity contribution is 0.0593. The van der Waals surface area contributed by atoms with Gasteiger partial charge in [0.15, 0.2) is 5.69 Å². The molecular weight excluding hydrogens is 304 g/mol. The Hall–Kier alpha value is -2.65. The highest BCUT2D eigenvalue weighted by Gasteiger charge is 2.22. The van der Waals surface area contributed by atoms with E-state index in [1.165, 1.54) is 17.9 Å². The fraction of sp³-hybridized carbons (Fsp3) is 0.200. The largest absolute Gasteiger partial charge is 0.464 e. The van der Waals surface area contributed by atoms with E-state index in [1.807, 2.05) is 31.1 Å². The van der Waals surface area contributed by atoms with Gasteiger partial charge < -0.3 is 19.9 Å². The lowest BCUT2D eigenvalue weighted by Gasteiger charge is -2.16. The fourth-order valence-corrected chi connectivity index (χ4v) is 2.47. The minimum atomic E-state index is -0.619. The van der Waals surface area contributed by atoms with E-state index in [-0.39, 0.29) is 16.9 Å². The number of carbonyl (C=O) groups excluding carboxylic acids is 1. The molecule has 22 heavy (non-hydrogen) atoms. The number of halogens is 1. The zero-order chi connectivity index (χ0) is 16.4. The van der Waals surface area contributed by atoms with E-state index in [2.05, 4.69) is 0 Å². The molecule has 0 spiro atoms. The Morgan fingerprint density at radius 2 is 2.14 bits per heavy atom. The van der Waals surface area contributed by atoms with Gasteiger partial charge in [-0.15, -0.1) is 0 Å². The van der Waals surface area contributed by atoms with Crippen LogP contribution in [0.25, 0.3) is 5.69 Å². The van der Waals surface area contributed by atoms with Gasteiger partial charge in [0.05, 0.1) is 29.1 Å². The molecule has 2 aromatic rings. The summed E-state index contributed by atoms with van der Waals surface area (Å²) in [6.45, 7) is 0.